The Morgan fingerprint density at radius 1 is 0.456 bits per heavy atom. The van der Waals surface area contributed by atoms with E-state index in [2.05, 4.69) is 196 Å². The minimum Gasteiger partial charge on any atom is -0.481 e. The van der Waals surface area contributed by atoms with Gasteiger partial charge in [-0.2, -0.15) is 8.42 Å². The van der Waals surface area contributed by atoms with Crippen molar-refractivity contribution in [1.82, 2.24) is 0 Å². The lowest BCUT2D eigenvalue weighted by Crippen LogP contribution is -2.31. The van der Waals surface area contributed by atoms with Gasteiger partial charge < -0.3 is 15.2 Å². The third-order valence-corrected chi connectivity index (χ3v) is 23.4. The minimum atomic E-state index is -4.67. The molecule has 1 atom stereocenters. The summed E-state index contributed by atoms with van der Waals surface area (Å²) >= 11 is 45.4. The maximum absolute atomic E-state index is 12.3. The zero-order valence-electron chi connectivity index (χ0n) is 54.6. The molecule has 12 aromatic carbocycles. The fraction of sp³-hybridized carbons (Fsp3) is 0.0519. The largest absolute Gasteiger partial charge is 0.489 e. The second-order valence-electron chi connectivity index (χ2n) is 21.2. The van der Waals surface area contributed by atoms with Gasteiger partial charge in [0.2, 0.25) is 0 Å². The van der Waals surface area contributed by atoms with Crippen molar-refractivity contribution in [3.05, 3.63) is 302 Å². The van der Waals surface area contributed by atoms with Crippen molar-refractivity contribution in [3.63, 3.8) is 0 Å². The Hall–Kier alpha value is -5.24. The van der Waals surface area contributed by atoms with Crippen LogP contribution in [0, 0.1) is 3.57 Å². The predicted molar refractivity (Wildman–Crippen MR) is 460 cm³/mol. The first-order valence-electron chi connectivity index (χ1n) is 30.0. The van der Waals surface area contributed by atoms with E-state index in [4.69, 9.17) is 84.3 Å². The fourth-order valence-corrected chi connectivity index (χ4v) is 15.8. The molecule has 0 aliphatic rings. The molecule has 0 aliphatic heterocycles. The summed E-state index contributed by atoms with van der Waals surface area (Å²) in [4.78, 5) is 11.9. The van der Waals surface area contributed by atoms with Gasteiger partial charge in [-0.15, -0.1) is 34.9 Å². The molecule has 0 radical (unpaired) electrons. The number of thioether (sulfide) groups is 2. The third-order valence-electron chi connectivity index (χ3n) is 14.3. The third kappa shape index (κ3) is 27.5. The molecular weight excluding hydrogens is 1860 g/mol. The van der Waals surface area contributed by atoms with E-state index in [0.29, 0.717) is 15.5 Å². The van der Waals surface area contributed by atoms with Crippen LogP contribution in [0.2, 0.25) is 20.1 Å². The van der Waals surface area contributed by atoms with Crippen LogP contribution < -0.4 is 5.46 Å². The number of hydrogen-bond acceptors (Lipinski definition) is 11. The van der Waals surface area contributed by atoms with Crippen LogP contribution in [0.4, 0.5) is 0 Å². The van der Waals surface area contributed by atoms with Crippen molar-refractivity contribution in [2.24, 2.45) is 0 Å². The molecule has 13 rings (SSSR count). The van der Waals surface area contributed by atoms with Gasteiger partial charge in [0.15, 0.2) is 0 Å². The van der Waals surface area contributed by atoms with Gasteiger partial charge in [-0.3, -0.25) is 28.6 Å². The first-order valence-corrected chi connectivity index (χ1v) is 41.9. The zero-order chi connectivity index (χ0) is 75.5. The maximum Gasteiger partial charge on any atom is 0.489 e. The lowest BCUT2D eigenvalue weighted by atomic mass is 9.79. The van der Waals surface area contributed by atoms with Crippen molar-refractivity contribution in [2.45, 2.75) is 21.6 Å². The van der Waals surface area contributed by atoms with Gasteiger partial charge in [0.05, 0.1) is 10.8 Å². The van der Waals surface area contributed by atoms with E-state index >= 15 is 0 Å². The van der Waals surface area contributed by atoms with Crippen molar-refractivity contribution < 1.29 is 52.2 Å². The molecule has 11 nitrogen and oxygen atoms in total. The fourth-order valence-electron chi connectivity index (χ4n) is 9.69. The highest BCUT2D eigenvalue weighted by Crippen LogP contribution is 2.42. The number of thiophene rings is 1. The number of hydrogen-bond donors (Lipinski definition) is 7. The summed E-state index contributed by atoms with van der Waals surface area (Å²) in [5.41, 5.74) is 14.0. The van der Waals surface area contributed by atoms with Crippen LogP contribution in [0.25, 0.3) is 86.9 Å². The summed E-state index contributed by atoms with van der Waals surface area (Å²) in [6.45, 7) is 1.08. The predicted octanol–water partition coefficient (Wildman–Crippen LogP) is 25.4. The Kier molecular flexibility index (Phi) is 36.6. The highest BCUT2D eigenvalue weighted by molar-refractivity contribution is 14.1. The summed E-state index contributed by atoms with van der Waals surface area (Å²) in [7, 11) is -7.19. The molecule has 0 fully saturated rings. The molecule has 0 saturated heterocycles. The van der Waals surface area contributed by atoms with E-state index in [9.17, 15) is 14.3 Å². The van der Waals surface area contributed by atoms with E-state index in [1.165, 1.54) is 78.3 Å². The van der Waals surface area contributed by atoms with Crippen LogP contribution in [0.5, 0.6) is 0 Å². The van der Waals surface area contributed by atoms with Gasteiger partial charge in [0.1, 0.15) is 0 Å². The smallest absolute Gasteiger partial charge is 0.481 e. The molecule has 0 spiro atoms. The topological polar surface area (TPSA) is 210 Å². The first kappa shape index (κ1) is 86.7. The average Bonchev–Trinajstić information content (AvgIpc) is 1.66. The van der Waals surface area contributed by atoms with Crippen molar-refractivity contribution >= 4 is 227 Å². The van der Waals surface area contributed by atoms with Crippen LogP contribution in [0.1, 0.15) is 6.92 Å². The zero-order valence-corrected chi connectivity index (χ0v) is 70.2. The second-order valence-corrected chi connectivity index (χ2v) is 32.6. The highest BCUT2D eigenvalue weighted by Gasteiger charge is 2.18. The lowest BCUT2D eigenvalue weighted by molar-refractivity contribution is -0.176. The maximum atomic E-state index is 12.3. The Labute approximate surface area is 681 Å². The Morgan fingerprint density at radius 2 is 0.806 bits per heavy atom. The number of aliphatic carboxylic acids is 1. The van der Waals surface area contributed by atoms with E-state index in [1.807, 2.05) is 169 Å². The van der Waals surface area contributed by atoms with Crippen molar-refractivity contribution in [3.8, 4) is 66.8 Å². The van der Waals surface area contributed by atoms with Gasteiger partial charge in [0, 0.05) is 89.6 Å². The molecule has 13 aromatic rings. The number of halogens is 9. The van der Waals surface area contributed by atoms with Crippen molar-refractivity contribution in [2.75, 3.05) is 18.8 Å². The molecule has 26 heteroatoms. The van der Waals surface area contributed by atoms with Gasteiger partial charge in [-0.05, 0) is 232 Å². The Morgan fingerprint density at radius 3 is 1.20 bits per heavy atom. The Bertz CT molecular complexity index is 5060. The Balaban J connectivity index is 0.000000199. The summed E-state index contributed by atoms with van der Waals surface area (Å²) < 4.78 is 52.2. The number of carboxylic acids is 1. The molecule has 7 N–H and O–H groups in total. The quantitative estimate of drug-likeness (QED) is 0.0170. The normalized spacial score (nSPS) is 10.7. The molecule has 0 saturated carbocycles. The molecule has 103 heavy (non-hydrogen) atoms. The number of carbonyl (C=O) groups is 1. The molecule has 1 aromatic heterocycles. The van der Waals surface area contributed by atoms with E-state index < -0.39 is 34.3 Å². The molecule has 1 unspecified atom stereocenters. The van der Waals surface area contributed by atoms with E-state index in [0.717, 1.165) is 73.6 Å². The van der Waals surface area contributed by atoms with Crippen LogP contribution in [-0.2, 0) is 26.0 Å². The van der Waals surface area contributed by atoms with Crippen molar-refractivity contribution in [1.29, 1.82) is 0 Å². The first-order chi connectivity index (χ1) is 49.1. The van der Waals surface area contributed by atoms with Crippen LogP contribution in [-0.4, -0.2) is 79.3 Å². The molecule has 0 aliphatic carbocycles. The van der Waals surface area contributed by atoms with Crippen LogP contribution >= 0.6 is 168 Å². The minimum absolute atomic E-state index is 0.528. The van der Waals surface area contributed by atoms with Crippen LogP contribution in [0.15, 0.2) is 293 Å². The SMILES string of the molecule is Brc1ccccc1I.CC(=O)O.CS(=O)c1cc(-c2ccc(Cl)cc2)ccc1-c1ccccc1Br.CSc1cc(-c2ccc(Cl)cc2)ccc1-c1ccccc1Br.CSc1cc(-c2ccc(Cl)cc2)ccc1B(O)O.Clc1ccc(-c2ccc3c(c2)sc2cccc(Br)c23)cc1.O=S(=O)(O)O.OO. The molecule has 532 valence electrons. The van der Waals surface area contributed by atoms with Gasteiger partial charge in [-0.1, -0.05) is 246 Å². The lowest BCUT2D eigenvalue weighted by Gasteiger charge is -2.12. The summed E-state index contributed by atoms with van der Waals surface area (Å²) in [5, 5.41) is 43.5. The number of carboxylic acid groups (broad SMARTS) is 1. The van der Waals surface area contributed by atoms with E-state index in [1.54, 1.807) is 24.1 Å². The molecule has 0 amide bonds. The van der Waals surface area contributed by atoms with Gasteiger partial charge in [-0.25, -0.2) is 0 Å². The second kappa shape index (κ2) is 43.5. The van der Waals surface area contributed by atoms with Crippen LogP contribution in [0.3, 0.4) is 0 Å². The molecule has 0 bridgehead atoms. The summed E-state index contributed by atoms with van der Waals surface area (Å²) in [6.07, 6.45) is 5.73. The number of fused-ring (bicyclic) bond motifs is 3. The highest BCUT2D eigenvalue weighted by atomic mass is 127. The monoisotopic (exact) mass is 1920 g/mol. The number of benzene rings is 12. The van der Waals surface area contributed by atoms with E-state index in [-0.39, 0.29) is 0 Å². The molecule has 1 heterocycles. The summed E-state index contributed by atoms with van der Waals surface area (Å²) in [5.74, 6) is -0.833. The van der Waals surface area contributed by atoms with Gasteiger partial charge >= 0.3 is 17.5 Å². The average molecular weight is 1920 g/mol. The van der Waals surface area contributed by atoms with Gasteiger partial charge in [0.25, 0.3) is 5.97 Å². The number of rotatable bonds is 10. The standard InChI is InChI=1S/C19H14BrClOS.C19H14BrClS.C18H10BrClS.C13H12BClO2S.C6H4BrI.C2H4O2.H2O4S.H2O2/c1-23(22)19-12-14(13-6-9-15(21)10-7-13)8-11-17(19)16-4-2-3-5-18(16)20;1-22-19-12-14(13-6-9-15(21)10-7-13)8-11-17(19)16-4-2-3-5-18(16)20;19-15-2-1-3-16-18(15)14-9-6-12(10-17(14)21-16)11-4-7-13(20)8-5-11;1-18-13-8-10(4-7-12(13)14(16)17)9-2-5-11(15)6-3-9;7-5-3-1-2-4-6(5)8;1-2(3)4;1-5(2,3)4;1-2/h2-12H,1H3;2-12H,1H3;1-10H;2-8,16-17H,1H3;1-4H;1H3,(H,3,4);(H2,1,2,3,4);1-2H. The molecular formula is C77H62BBr4Cl4IO11S5. The summed E-state index contributed by atoms with van der Waals surface area (Å²) in [6, 6.07) is 86.8.